The van der Waals surface area contributed by atoms with E-state index >= 15 is 0 Å². The van der Waals surface area contributed by atoms with E-state index in [-0.39, 0.29) is 19.4 Å². The van der Waals surface area contributed by atoms with Gasteiger partial charge in [0, 0.05) is 47.1 Å². The van der Waals surface area contributed by atoms with Crippen LogP contribution in [0.1, 0.15) is 227 Å². The van der Waals surface area contributed by atoms with Gasteiger partial charge in [-0.15, -0.1) is 0 Å². The second-order valence-electron chi connectivity index (χ2n) is 20.9. The molecule has 3 N–H and O–H groups in total. The zero-order chi connectivity index (χ0) is 57.3. The van der Waals surface area contributed by atoms with Gasteiger partial charge in [-0.2, -0.15) is 0 Å². The van der Waals surface area contributed by atoms with Crippen molar-refractivity contribution in [3.05, 3.63) is 35.9 Å². The molecule has 1 aromatic rings. The minimum absolute atomic E-state index is 0.0149. The first-order chi connectivity index (χ1) is 37.6. The first kappa shape index (κ1) is 69.0. The number of esters is 5. The monoisotopic (exact) mass is 1100 g/mol. The third-order valence-corrected chi connectivity index (χ3v) is 14.0. The van der Waals surface area contributed by atoms with Crippen molar-refractivity contribution < 1.29 is 71.5 Å². The average molecular weight is 1100 g/mol. The molecule has 0 unspecified atom stereocenters. The van der Waals surface area contributed by atoms with Crippen LogP contribution >= 0.6 is 0 Å². The van der Waals surface area contributed by atoms with E-state index in [0.717, 1.165) is 84.6 Å². The van der Waals surface area contributed by atoms with Crippen LogP contribution in [0.5, 0.6) is 0 Å². The van der Waals surface area contributed by atoms with Crippen LogP contribution in [0.3, 0.4) is 0 Å². The van der Waals surface area contributed by atoms with E-state index in [1.807, 2.05) is 18.2 Å². The SMILES string of the molecule is CCCCCCCCCCCCCCC(CCCCCCCCCCCCCC)C(=O)N[C@@H](CO[C@H]1O[C@H](COC(C)=O)[C@@H](OC(C)=O)[C@H](OC(C)=O)[C@@H]1OC(C)=O)C(=O)N[C@@H](CCC(=O)OCc1ccccc1)C(=O)NC. The highest BCUT2D eigenvalue weighted by Gasteiger charge is 2.53. The molecule has 78 heavy (non-hydrogen) atoms. The van der Waals surface area contributed by atoms with Crippen LogP contribution in [0.15, 0.2) is 30.3 Å². The van der Waals surface area contributed by atoms with Crippen LogP contribution in [-0.4, -0.2) is 111 Å². The van der Waals surface area contributed by atoms with Crippen LogP contribution in [0.2, 0.25) is 0 Å². The summed E-state index contributed by atoms with van der Waals surface area (Å²) in [5.74, 6) is -6.13. The summed E-state index contributed by atoms with van der Waals surface area (Å²) in [5.41, 5.74) is 0.771. The highest BCUT2D eigenvalue weighted by molar-refractivity contribution is 5.92. The molecule has 18 nitrogen and oxygen atoms in total. The molecule has 0 saturated carbocycles. The van der Waals surface area contributed by atoms with E-state index in [9.17, 15) is 38.4 Å². The van der Waals surface area contributed by atoms with Crippen molar-refractivity contribution in [2.45, 2.75) is 271 Å². The topological polar surface area (TPSA) is 237 Å². The number of ether oxygens (including phenoxy) is 7. The van der Waals surface area contributed by atoms with Gasteiger partial charge in [-0.1, -0.05) is 198 Å². The van der Waals surface area contributed by atoms with Crippen molar-refractivity contribution >= 4 is 47.6 Å². The van der Waals surface area contributed by atoms with Crippen LogP contribution in [0.4, 0.5) is 0 Å². The Morgan fingerprint density at radius 3 is 1.41 bits per heavy atom. The van der Waals surface area contributed by atoms with E-state index in [4.69, 9.17) is 33.2 Å². The van der Waals surface area contributed by atoms with Crippen molar-refractivity contribution in [3.63, 3.8) is 0 Å². The summed E-state index contributed by atoms with van der Waals surface area (Å²) < 4.78 is 39.7. The molecule has 7 atom stereocenters. The normalized spacial score (nSPS) is 17.8. The van der Waals surface area contributed by atoms with Gasteiger partial charge in [0.2, 0.25) is 17.7 Å². The summed E-state index contributed by atoms with van der Waals surface area (Å²) in [7, 11) is 1.39. The Hall–Kier alpha value is -5.10. The number of amides is 3. The highest BCUT2D eigenvalue weighted by Crippen LogP contribution is 2.30. The van der Waals surface area contributed by atoms with Gasteiger partial charge in [-0.05, 0) is 24.8 Å². The number of carbonyl (C=O) groups excluding carboxylic acids is 8. The van der Waals surface area contributed by atoms with Gasteiger partial charge in [0.25, 0.3) is 0 Å². The van der Waals surface area contributed by atoms with Crippen LogP contribution < -0.4 is 16.0 Å². The third kappa shape index (κ3) is 31.5. The van der Waals surface area contributed by atoms with Gasteiger partial charge in [-0.3, -0.25) is 38.4 Å². The molecular weight excluding hydrogens is 1000 g/mol. The fourth-order valence-electron chi connectivity index (χ4n) is 9.64. The molecule has 1 heterocycles. The molecule has 0 radical (unpaired) electrons. The van der Waals surface area contributed by atoms with Crippen molar-refractivity contribution in [1.29, 1.82) is 0 Å². The Balaban J connectivity index is 2.42. The molecule has 1 aromatic carbocycles. The summed E-state index contributed by atoms with van der Waals surface area (Å²) >= 11 is 0. The third-order valence-electron chi connectivity index (χ3n) is 14.0. The van der Waals surface area contributed by atoms with Crippen LogP contribution in [0, 0.1) is 5.92 Å². The minimum atomic E-state index is -1.66. The van der Waals surface area contributed by atoms with Crippen molar-refractivity contribution in [3.8, 4) is 0 Å². The lowest BCUT2D eigenvalue weighted by molar-refractivity contribution is -0.308. The van der Waals surface area contributed by atoms with Crippen LogP contribution in [-0.2, 0) is 78.1 Å². The molecule has 0 bridgehead atoms. The molecule has 1 saturated heterocycles. The summed E-state index contributed by atoms with van der Waals surface area (Å²) in [6, 6.07) is 6.32. The second-order valence-corrected chi connectivity index (χ2v) is 20.9. The Morgan fingerprint density at radius 1 is 0.500 bits per heavy atom. The molecule has 0 aliphatic carbocycles. The minimum Gasteiger partial charge on any atom is -0.463 e. The lowest BCUT2D eigenvalue weighted by Crippen LogP contribution is -2.63. The Kier molecular flexibility index (Phi) is 37.9. The maximum Gasteiger partial charge on any atom is 0.306 e. The number of hydrogen-bond acceptors (Lipinski definition) is 15. The lowest BCUT2D eigenvalue weighted by atomic mass is 9.92. The zero-order valence-corrected chi connectivity index (χ0v) is 48.5. The fraction of sp³-hybridized carbons (Fsp3) is 0.767. The molecule has 1 aliphatic rings. The smallest absolute Gasteiger partial charge is 0.306 e. The van der Waals surface area contributed by atoms with E-state index < -0.39 is 109 Å². The molecular formula is C60H99N3O15. The van der Waals surface area contributed by atoms with Crippen LogP contribution in [0.25, 0.3) is 0 Å². The molecule has 0 spiro atoms. The van der Waals surface area contributed by atoms with Crippen molar-refractivity contribution in [2.24, 2.45) is 5.92 Å². The molecule has 1 aliphatic heterocycles. The van der Waals surface area contributed by atoms with Gasteiger partial charge in [0.15, 0.2) is 24.6 Å². The number of unbranched alkanes of at least 4 members (excludes halogenated alkanes) is 22. The predicted octanol–water partition coefficient (Wildman–Crippen LogP) is 10.1. The van der Waals surface area contributed by atoms with E-state index in [0.29, 0.717) is 12.8 Å². The lowest BCUT2D eigenvalue weighted by Gasteiger charge is -2.44. The van der Waals surface area contributed by atoms with Gasteiger partial charge in [0.05, 0.1) is 6.61 Å². The van der Waals surface area contributed by atoms with Gasteiger partial charge in [-0.25, -0.2) is 0 Å². The number of rotatable bonds is 44. The van der Waals surface area contributed by atoms with Gasteiger partial charge >= 0.3 is 29.8 Å². The zero-order valence-electron chi connectivity index (χ0n) is 48.5. The summed E-state index contributed by atoms with van der Waals surface area (Å²) in [6.07, 6.45) is 21.2. The molecule has 1 fully saturated rings. The number of carbonyl (C=O) groups is 8. The van der Waals surface area contributed by atoms with Gasteiger partial charge in [0.1, 0.15) is 31.4 Å². The van der Waals surface area contributed by atoms with E-state index in [1.165, 1.54) is 110 Å². The number of likely N-dealkylation sites (N-methyl/N-ethyl adjacent to an activating group) is 1. The summed E-state index contributed by atoms with van der Waals surface area (Å²) in [5, 5.41) is 8.14. The Labute approximate surface area is 466 Å². The largest absolute Gasteiger partial charge is 0.463 e. The molecule has 0 aromatic heterocycles. The second kappa shape index (κ2) is 42.8. The van der Waals surface area contributed by atoms with E-state index in [1.54, 1.807) is 12.1 Å². The number of nitrogens with one attached hydrogen (secondary N) is 3. The summed E-state index contributed by atoms with van der Waals surface area (Å²) in [6.45, 7) is 7.75. The Bertz CT molecular complexity index is 1840. The number of benzene rings is 1. The maximum absolute atomic E-state index is 14.6. The predicted molar refractivity (Wildman–Crippen MR) is 296 cm³/mol. The standard InChI is InChI=1S/C60H99N3O15/c1-8-10-12-14-16-18-20-22-24-26-28-33-37-49(38-34-29-27-25-23-21-19-17-15-13-11-9-2)57(69)63-51(59(71)62-50(58(70)61-7)39-40-53(68)73-41-48-35-31-30-32-36-48)42-74-60-56(77-47(6)67)55(76-46(5)66)54(75-45(4)65)52(78-60)43-72-44(3)64/h30-32,35-36,49-52,54-56,60H,8-29,33-34,37-43H2,1-7H3,(H,61,70)(H,62,71)(H,63,69)/t50-,51-,52+,54+,55-,56-,60-/m0/s1. The van der Waals surface area contributed by atoms with Crippen molar-refractivity contribution in [2.75, 3.05) is 20.3 Å². The maximum atomic E-state index is 14.6. The molecule has 2 rings (SSSR count). The highest BCUT2D eigenvalue weighted by atomic mass is 16.7. The quantitative estimate of drug-likeness (QED) is 0.0313. The first-order valence-electron chi connectivity index (χ1n) is 29.5. The molecule has 444 valence electrons. The number of hydrogen-bond donors (Lipinski definition) is 3. The molecule has 3 amide bonds. The van der Waals surface area contributed by atoms with Gasteiger partial charge < -0.3 is 49.1 Å². The Morgan fingerprint density at radius 2 is 0.949 bits per heavy atom. The fourth-order valence-corrected chi connectivity index (χ4v) is 9.64. The average Bonchev–Trinajstić information content (AvgIpc) is 3.40. The first-order valence-corrected chi connectivity index (χ1v) is 29.5. The van der Waals surface area contributed by atoms with E-state index in [2.05, 4.69) is 29.8 Å². The molecule has 18 heteroatoms. The van der Waals surface area contributed by atoms with Crippen molar-refractivity contribution in [1.82, 2.24) is 16.0 Å². The summed E-state index contributed by atoms with van der Waals surface area (Å²) in [4.78, 5) is 105.